The first kappa shape index (κ1) is 15.4. The second kappa shape index (κ2) is 8.42. The first-order chi connectivity index (χ1) is 8.69. The van der Waals surface area contributed by atoms with Crippen LogP contribution in [0.25, 0.3) is 0 Å². The van der Waals surface area contributed by atoms with Crippen molar-refractivity contribution in [3.63, 3.8) is 0 Å². The summed E-state index contributed by atoms with van der Waals surface area (Å²) in [5, 5.41) is 8.67. The quantitative estimate of drug-likeness (QED) is 0.635. The lowest BCUT2D eigenvalue weighted by molar-refractivity contribution is -0.135. The summed E-state index contributed by atoms with van der Waals surface area (Å²) in [6.45, 7) is 2.27. The van der Waals surface area contributed by atoms with E-state index in [2.05, 4.69) is 0 Å². The number of carbonyl (C=O) groups excluding carboxylic acids is 1. The van der Waals surface area contributed by atoms with Crippen molar-refractivity contribution in [3.8, 4) is 0 Å². The molecule has 1 amide bonds. The molecule has 1 unspecified atom stereocenters. The fourth-order valence-electron chi connectivity index (χ4n) is 2.07. The van der Waals surface area contributed by atoms with Gasteiger partial charge in [0.1, 0.15) is 0 Å². The Balaban J connectivity index is 2.26. The Hall–Kier alpha value is -0.690. The molecule has 0 radical (unpaired) electrons. The molecule has 0 spiro atoms. The van der Waals surface area contributed by atoms with E-state index in [1.807, 2.05) is 0 Å². The molecule has 1 fully saturated rings. The Labute approximate surface area is 108 Å². The first-order valence-electron chi connectivity index (χ1n) is 6.44. The van der Waals surface area contributed by atoms with Gasteiger partial charge < -0.3 is 25.2 Å². The van der Waals surface area contributed by atoms with Crippen molar-refractivity contribution in [2.75, 3.05) is 40.0 Å². The molecule has 0 bridgehead atoms. The van der Waals surface area contributed by atoms with Crippen LogP contribution in [0.2, 0.25) is 0 Å². The maximum atomic E-state index is 12.0. The first-order valence-corrected chi connectivity index (χ1v) is 6.44. The number of piperidine rings is 1. The highest BCUT2D eigenvalue weighted by atomic mass is 16.5. The van der Waals surface area contributed by atoms with E-state index in [-0.39, 0.29) is 18.6 Å². The van der Waals surface area contributed by atoms with Crippen LogP contribution in [-0.2, 0) is 14.3 Å². The van der Waals surface area contributed by atoms with Crippen molar-refractivity contribution >= 4 is 5.91 Å². The number of hydrogen-bond donors (Lipinski definition) is 2. The zero-order valence-corrected chi connectivity index (χ0v) is 11.0. The van der Waals surface area contributed by atoms with Gasteiger partial charge in [-0.05, 0) is 19.3 Å². The number of ether oxygens (including phenoxy) is 2. The number of methoxy groups -OCH3 is 1. The fraction of sp³-hybridized carbons (Fsp3) is 0.917. The highest BCUT2D eigenvalue weighted by Crippen LogP contribution is 2.14. The maximum Gasteiger partial charge on any atom is 0.239 e. The summed E-state index contributed by atoms with van der Waals surface area (Å²) >= 11 is 0. The number of rotatable bonds is 7. The molecule has 1 aliphatic heterocycles. The van der Waals surface area contributed by atoms with Gasteiger partial charge in [-0.3, -0.25) is 4.79 Å². The van der Waals surface area contributed by atoms with Gasteiger partial charge in [0.2, 0.25) is 5.91 Å². The van der Waals surface area contributed by atoms with Gasteiger partial charge in [0.05, 0.1) is 25.4 Å². The number of amides is 1. The van der Waals surface area contributed by atoms with Crippen molar-refractivity contribution in [1.29, 1.82) is 0 Å². The molecule has 18 heavy (non-hydrogen) atoms. The molecular formula is C12H24N2O4. The highest BCUT2D eigenvalue weighted by Gasteiger charge is 2.26. The number of aliphatic hydroxyl groups is 1. The fourth-order valence-corrected chi connectivity index (χ4v) is 2.07. The van der Waals surface area contributed by atoms with Crippen LogP contribution in [0.15, 0.2) is 0 Å². The highest BCUT2D eigenvalue weighted by molar-refractivity contribution is 5.81. The van der Waals surface area contributed by atoms with E-state index in [0.29, 0.717) is 32.7 Å². The molecule has 1 aliphatic rings. The molecule has 6 nitrogen and oxygen atoms in total. The Morgan fingerprint density at radius 2 is 2.11 bits per heavy atom. The minimum atomic E-state index is -0.472. The standard InChI is InChI=1S/C12H24N2O4/c1-17-8-4-11(13)12(16)14-5-2-10(3-6-14)18-9-7-15/h10-11,15H,2-9,13H2,1H3. The smallest absolute Gasteiger partial charge is 0.239 e. The summed E-state index contributed by atoms with van der Waals surface area (Å²) in [6, 6.07) is -0.472. The number of aliphatic hydroxyl groups excluding tert-OH is 1. The van der Waals surface area contributed by atoms with Crippen molar-refractivity contribution in [1.82, 2.24) is 4.90 Å². The molecule has 0 aliphatic carbocycles. The number of nitrogens with zero attached hydrogens (tertiary/aromatic N) is 1. The predicted molar refractivity (Wildman–Crippen MR) is 67.1 cm³/mol. The van der Waals surface area contributed by atoms with Gasteiger partial charge in [-0.2, -0.15) is 0 Å². The van der Waals surface area contributed by atoms with Crippen molar-refractivity contribution in [2.45, 2.75) is 31.4 Å². The number of likely N-dealkylation sites (tertiary alicyclic amines) is 1. The number of nitrogens with two attached hydrogens (primary N) is 1. The van der Waals surface area contributed by atoms with Crippen molar-refractivity contribution in [3.05, 3.63) is 0 Å². The third-order valence-corrected chi connectivity index (χ3v) is 3.15. The van der Waals surface area contributed by atoms with E-state index >= 15 is 0 Å². The second-order valence-corrected chi connectivity index (χ2v) is 4.51. The van der Waals surface area contributed by atoms with Gasteiger partial charge in [-0.25, -0.2) is 0 Å². The molecule has 0 saturated carbocycles. The summed E-state index contributed by atoms with van der Waals surface area (Å²) in [6.07, 6.45) is 2.32. The van der Waals surface area contributed by atoms with E-state index in [1.54, 1.807) is 12.0 Å². The molecular weight excluding hydrogens is 236 g/mol. The third kappa shape index (κ3) is 4.89. The molecule has 0 aromatic heterocycles. The van der Waals surface area contributed by atoms with Gasteiger partial charge in [0.25, 0.3) is 0 Å². The molecule has 3 N–H and O–H groups in total. The summed E-state index contributed by atoms with van der Waals surface area (Å²) in [5.74, 6) is -0.00680. The molecule has 106 valence electrons. The predicted octanol–water partition coefficient (Wildman–Crippen LogP) is -0.650. The lowest BCUT2D eigenvalue weighted by Crippen LogP contribution is -2.48. The monoisotopic (exact) mass is 260 g/mol. The minimum absolute atomic E-state index is 0.00680. The van der Waals surface area contributed by atoms with Crippen LogP contribution in [0.4, 0.5) is 0 Å². The van der Waals surface area contributed by atoms with E-state index < -0.39 is 6.04 Å². The van der Waals surface area contributed by atoms with Gasteiger partial charge in [-0.15, -0.1) is 0 Å². The van der Waals surface area contributed by atoms with E-state index in [0.717, 1.165) is 12.8 Å². The molecule has 0 aromatic carbocycles. The topological polar surface area (TPSA) is 85.0 Å². The average molecular weight is 260 g/mol. The summed E-state index contributed by atoms with van der Waals surface area (Å²) in [4.78, 5) is 13.8. The Bertz CT molecular complexity index is 242. The maximum absolute atomic E-state index is 12.0. The van der Waals surface area contributed by atoms with Crippen molar-refractivity contribution < 1.29 is 19.4 Å². The van der Waals surface area contributed by atoms with Crippen LogP contribution in [0, 0.1) is 0 Å². The van der Waals surface area contributed by atoms with Gasteiger partial charge in [0.15, 0.2) is 0 Å². The lowest BCUT2D eigenvalue weighted by atomic mass is 10.1. The minimum Gasteiger partial charge on any atom is -0.394 e. The molecule has 0 aromatic rings. The summed E-state index contributed by atoms with van der Waals surface area (Å²) in [5.41, 5.74) is 5.81. The number of hydrogen-bond acceptors (Lipinski definition) is 5. The molecule has 1 saturated heterocycles. The summed E-state index contributed by atoms with van der Waals surface area (Å²) < 4.78 is 10.4. The zero-order chi connectivity index (χ0) is 13.4. The van der Waals surface area contributed by atoms with Crippen LogP contribution in [-0.4, -0.2) is 68.1 Å². The molecule has 1 rings (SSSR count). The Morgan fingerprint density at radius 3 is 2.67 bits per heavy atom. The Kier molecular flexibility index (Phi) is 7.19. The lowest BCUT2D eigenvalue weighted by Gasteiger charge is -2.33. The van der Waals surface area contributed by atoms with Gasteiger partial charge in [0, 0.05) is 26.8 Å². The zero-order valence-electron chi connectivity index (χ0n) is 11.0. The van der Waals surface area contributed by atoms with Gasteiger partial charge in [-0.1, -0.05) is 0 Å². The third-order valence-electron chi connectivity index (χ3n) is 3.15. The van der Waals surface area contributed by atoms with Crippen LogP contribution in [0.1, 0.15) is 19.3 Å². The normalized spacial score (nSPS) is 18.9. The van der Waals surface area contributed by atoms with Crippen LogP contribution < -0.4 is 5.73 Å². The van der Waals surface area contributed by atoms with Crippen molar-refractivity contribution in [2.24, 2.45) is 5.73 Å². The van der Waals surface area contributed by atoms with Crippen LogP contribution in [0.3, 0.4) is 0 Å². The summed E-state index contributed by atoms with van der Waals surface area (Å²) in [7, 11) is 1.60. The SMILES string of the molecule is COCCC(N)C(=O)N1CCC(OCCO)CC1. The molecule has 1 heterocycles. The largest absolute Gasteiger partial charge is 0.394 e. The second-order valence-electron chi connectivity index (χ2n) is 4.51. The van der Waals surface area contributed by atoms with E-state index in [9.17, 15) is 4.79 Å². The average Bonchev–Trinajstić information content (AvgIpc) is 2.42. The van der Waals surface area contributed by atoms with Crippen LogP contribution >= 0.6 is 0 Å². The number of carbonyl (C=O) groups is 1. The molecule has 1 atom stereocenters. The van der Waals surface area contributed by atoms with Gasteiger partial charge >= 0.3 is 0 Å². The Morgan fingerprint density at radius 1 is 1.44 bits per heavy atom. The molecule has 6 heteroatoms. The van der Waals surface area contributed by atoms with E-state index in [4.69, 9.17) is 20.3 Å². The van der Waals surface area contributed by atoms with Crippen LogP contribution in [0.5, 0.6) is 0 Å². The van der Waals surface area contributed by atoms with E-state index in [1.165, 1.54) is 0 Å².